The van der Waals surface area contributed by atoms with E-state index in [1.807, 2.05) is 42.6 Å². The third-order valence-corrected chi connectivity index (χ3v) is 5.40. The van der Waals surface area contributed by atoms with Crippen molar-refractivity contribution >= 4 is 28.8 Å². The molecule has 2 amide bonds. The molecule has 132 valence electrons. The number of amides is 2. The molecule has 6 nitrogen and oxygen atoms in total. The molecule has 0 spiro atoms. The zero-order valence-corrected chi connectivity index (χ0v) is 15.0. The smallest absolute Gasteiger partial charge is 0.232 e. The molecule has 2 aromatic heterocycles. The van der Waals surface area contributed by atoms with Gasteiger partial charge in [0, 0.05) is 24.2 Å². The number of carbonyl (C=O) groups is 2. The highest BCUT2D eigenvalue weighted by Crippen LogP contribution is 2.35. The van der Waals surface area contributed by atoms with Crippen LogP contribution in [-0.4, -0.2) is 22.0 Å². The Morgan fingerprint density at radius 2 is 2.23 bits per heavy atom. The van der Waals surface area contributed by atoms with E-state index in [1.165, 1.54) is 0 Å². The summed E-state index contributed by atoms with van der Waals surface area (Å²) in [5.74, 6) is -0.716. The van der Waals surface area contributed by atoms with E-state index in [0.29, 0.717) is 6.54 Å². The number of H-pyrrole nitrogens is 1. The third kappa shape index (κ3) is 3.13. The molecule has 0 bridgehead atoms. The maximum absolute atomic E-state index is 12.4. The Morgan fingerprint density at radius 3 is 3.04 bits per heavy atom. The zero-order valence-electron chi connectivity index (χ0n) is 14.2. The fourth-order valence-corrected chi connectivity index (χ4v) is 3.93. The minimum atomic E-state index is -0.438. The van der Waals surface area contributed by atoms with Gasteiger partial charge in [0.15, 0.2) is 0 Å². The second-order valence-corrected chi connectivity index (χ2v) is 7.31. The first-order chi connectivity index (χ1) is 12.6. The first-order valence-electron chi connectivity index (χ1n) is 8.36. The van der Waals surface area contributed by atoms with Gasteiger partial charge in [-0.15, -0.1) is 11.3 Å². The van der Waals surface area contributed by atoms with Gasteiger partial charge in [-0.2, -0.15) is 5.10 Å². The Morgan fingerprint density at radius 1 is 1.35 bits per heavy atom. The molecule has 0 radical (unpaired) electrons. The van der Waals surface area contributed by atoms with E-state index < -0.39 is 5.92 Å². The first kappa shape index (κ1) is 16.5. The lowest BCUT2D eigenvalue weighted by molar-refractivity contribution is -0.125. The van der Waals surface area contributed by atoms with E-state index in [-0.39, 0.29) is 18.2 Å². The highest BCUT2D eigenvalue weighted by Gasteiger charge is 2.32. The lowest BCUT2D eigenvalue weighted by Gasteiger charge is -2.10. The predicted octanol–water partition coefficient (Wildman–Crippen LogP) is 3.19. The Hall–Kier alpha value is -2.93. The van der Waals surface area contributed by atoms with E-state index in [2.05, 4.69) is 20.8 Å². The minimum Gasteiger partial charge on any atom is -0.352 e. The molecule has 1 atom stereocenters. The summed E-state index contributed by atoms with van der Waals surface area (Å²) in [5.41, 5.74) is 4.61. The molecular formula is C19H18N4O2S. The standard InChI is InChI=1S/C19H18N4O2S/c1-11-4-5-13-14(19(25)22-15(13)7-11)8-17(24)20-9-12-10-21-23-18(12)16-3-2-6-26-16/h2-7,10,14H,8-9H2,1H3,(H,20,24)(H,21,23)(H,22,25). The number of rotatable bonds is 5. The van der Waals surface area contributed by atoms with E-state index in [0.717, 1.165) is 32.9 Å². The molecule has 3 heterocycles. The summed E-state index contributed by atoms with van der Waals surface area (Å²) < 4.78 is 0. The highest BCUT2D eigenvalue weighted by molar-refractivity contribution is 7.13. The molecule has 26 heavy (non-hydrogen) atoms. The first-order valence-corrected chi connectivity index (χ1v) is 9.24. The molecule has 7 heteroatoms. The number of benzene rings is 1. The molecule has 0 saturated heterocycles. The lowest BCUT2D eigenvalue weighted by atomic mass is 9.96. The Labute approximate surface area is 154 Å². The molecule has 3 aromatic rings. The van der Waals surface area contributed by atoms with Crippen LogP contribution in [0.25, 0.3) is 10.6 Å². The molecule has 1 aliphatic heterocycles. The number of carbonyl (C=O) groups excluding carboxylic acids is 2. The predicted molar refractivity (Wildman–Crippen MR) is 101 cm³/mol. The van der Waals surface area contributed by atoms with Crippen LogP contribution in [-0.2, 0) is 16.1 Å². The van der Waals surface area contributed by atoms with Gasteiger partial charge in [0.2, 0.25) is 11.8 Å². The number of hydrogen-bond donors (Lipinski definition) is 3. The van der Waals surface area contributed by atoms with Crippen LogP contribution in [0.5, 0.6) is 0 Å². The van der Waals surface area contributed by atoms with Crippen molar-refractivity contribution in [3.63, 3.8) is 0 Å². The van der Waals surface area contributed by atoms with Crippen LogP contribution in [0.2, 0.25) is 0 Å². The summed E-state index contributed by atoms with van der Waals surface area (Å²) >= 11 is 1.61. The molecule has 3 N–H and O–H groups in total. The second kappa shape index (κ2) is 6.76. The molecular weight excluding hydrogens is 348 g/mol. The molecule has 0 fully saturated rings. The van der Waals surface area contributed by atoms with Gasteiger partial charge in [-0.1, -0.05) is 18.2 Å². The topological polar surface area (TPSA) is 86.9 Å². The van der Waals surface area contributed by atoms with Crippen molar-refractivity contribution < 1.29 is 9.59 Å². The Bertz CT molecular complexity index is 962. The number of aromatic amines is 1. The average Bonchev–Trinajstić information content (AvgIpc) is 3.33. The van der Waals surface area contributed by atoms with Crippen LogP contribution in [0.4, 0.5) is 5.69 Å². The summed E-state index contributed by atoms with van der Waals surface area (Å²) in [6, 6.07) is 9.80. The number of aromatic nitrogens is 2. The van der Waals surface area contributed by atoms with Crippen molar-refractivity contribution in [3.05, 3.63) is 58.6 Å². The van der Waals surface area contributed by atoms with Gasteiger partial charge < -0.3 is 10.6 Å². The van der Waals surface area contributed by atoms with Crippen molar-refractivity contribution in [2.24, 2.45) is 0 Å². The van der Waals surface area contributed by atoms with E-state index in [4.69, 9.17) is 0 Å². The van der Waals surface area contributed by atoms with Crippen molar-refractivity contribution in [1.82, 2.24) is 15.5 Å². The summed E-state index contributed by atoms with van der Waals surface area (Å²) in [5, 5.41) is 14.8. The van der Waals surface area contributed by atoms with Crippen LogP contribution >= 0.6 is 11.3 Å². The molecule has 4 rings (SSSR count). The summed E-state index contributed by atoms with van der Waals surface area (Å²) in [6.07, 6.45) is 1.85. The summed E-state index contributed by atoms with van der Waals surface area (Å²) in [6.45, 7) is 2.35. The lowest BCUT2D eigenvalue weighted by Crippen LogP contribution is -2.26. The fraction of sp³-hybridized carbons (Fsp3) is 0.211. The number of aryl methyl sites for hydroxylation is 1. The monoisotopic (exact) mass is 366 g/mol. The van der Waals surface area contributed by atoms with Crippen molar-refractivity contribution in [2.45, 2.75) is 25.8 Å². The molecule has 1 aliphatic rings. The normalized spacial score (nSPS) is 15.6. The highest BCUT2D eigenvalue weighted by atomic mass is 32.1. The number of nitrogens with zero attached hydrogens (tertiary/aromatic N) is 1. The van der Waals surface area contributed by atoms with Crippen LogP contribution in [0.15, 0.2) is 41.9 Å². The van der Waals surface area contributed by atoms with Crippen molar-refractivity contribution in [1.29, 1.82) is 0 Å². The maximum Gasteiger partial charge on any atom is 0.232 e. The van der Waals surface area contributed by atoms with Crippen molar-refractivity contribution in [2.75, 3.05) is 5.32 Å². The fourth-order valence-electron chi connectivity index (χ4n) is 3.18. The Balaban J connectivity index is 1.42. The summed E-state index contributed by atoms with van der Waals surface area (Å²) in [7, 11) is 0. The van der Waals surface area contributed by atoms with Crippen LogP contribution in [0, 0.1) is 6.92 Å². The van der Waals surface area contributed by atoms with E-state index in [1.54, 1.807) is 17.5 Å². The van der Waals surface area contributed by atoms with Crippen LogP contribution in [0.1, 0.15) is 29.0 Å². The van der Waals surface area contributed by atoms with Gasteiger partial charge in [0.25, 0.3) is 0 Å². The van der Waals surface area contributed by atoms with Crippen molar-refractivity contribution in [3.8, 4) is 10.6 Å². The summed E-state index contributed by atoms with van der Waals surface area (Å²) in [4.78, 5) is 25.7. The second-order valence-electron chi connectivity index (χ2n) is 6.36. The van der Waals surface area contributed by atoms with Gasteiger partial charge in [0.05, 0.1) is 22.7 Å². The number of nitrogens with one attached hydrogen (secondary N) is 3. The molecule has 0 saturated carbocycles. The Kier molecular flexibility index (Phi) is 4.30. The van der Waals surface area contributed by atoms with Gasteiger partial charge in [-0.3, -0.25) is 14.7 Å². The van der Waals surface area contributed by atoms with Gasteiger partial charge >= 0.3 is 0 Å². The van der Waals surface area contributed by atoms with Gasteiger partial charge in [-0.25, -0.2) is 0 Å². The molecule has 1 aromatic carbocycles. The zero-order chi connectivity index (χ0) is 18.1. The largest absolute Gasteiger partial charge is 0.352 e. The van der Waals surface area contributed by atoms with Crippen LogP contribution in [0.3, 0.4) is 0 Å². The van der Waals surface area contributed by atoms with Crippen LogP contribution < -0.4 is 10.6 Å². The third-order valence-electron chi connectivity index (χ3n) is 4.51. The maximum atomic E-state index is 12.4. The van der Waals surface area contributed by atoms with E-state index in [9.17, 15) is 9.59 Å². The SMILES string of the molecule is Cc1ccc2c(c1)NC(=O)C2CC(=O)NCc1cn[nH]c1-c1cccs1. The molecule has 0 aliphatic carbocycles. The minimum absolute atomic E-state index is 0.122. The number of thiophene rings is 1. The number of hydrogen-bond acceptors (Lipinski definition) is 4. The number of anilines is 1. The average molecular weight is 366 g/mol. The van der Waals surface area contributed by atoms with Gasteiger partial charge in [-0.05, 0) is 35.6 Å². The molecule has 1 unspecified atom stereocenters. The van der Waals surface area contributed by atoms with Gasteiger partial charge in [0.1, 0.15) is 0 Å². The van der Waals surface area contributed by atoms with E-state index >= 15 is 0 Å². The number of fused-ring (bicyclic) bond motifs is 1. The quantitative estimate of drug-likeness (QED) is 0.648.